The number of aliphatic hydroxyl groups excluding tert-OH is 1. The molecule has 2 nitrogen and oxygen atoms in total. The molecule has 1 saturated carbocycles. The van der Waals surface area contributed by atoms with Gasteiger partial charge in [-0.3, -0.25) is 0 Å². The number of likely N-dealkylation sites (tertiary alicyclic amines) is 1. The predicted octanol–water partition coefficient (Wildman–Crippen LogP) is 1.49. The third kappa shape index (κ3) is 2.23. The topological polar surface area (TPSA) is 23.5 Å². The molecule has 1 spiro atoms. The molecule has 13 heavy (non-hydrogen) atoms. The van der Waals surface area contributed by atoms with Crippen molar-refractivity contribution in [3.8, 4) is 0 Å². The van der Waals surface area contributed by atoms with E-state index >= 15 is 0 Å². The molecule has 2 rings (SSSR count). The van der Waals surface area contributed by atoms with Crippen LogP contribution in [0.25, 0.3) is 0 Å². The summed E-state index contributed by atoms with van der Waals surface area (Å²) in [7, 11) is 0. The molecule has 2 aliphatic rings. The Hall–Kier alpha value is -0.0800. The minimum absolute atomic E-state index is 0.351. The van der Waals surface area contributed by atoms with Gasteiger partial charge in [0, 0.05) is 19.7 Å². The minimum Gasteiger partial charge on any atom is -0.396 e. The van der Waals surface area contributed by atoms with Crippen LogP contribution in [0.15, 0.2) is 0 Å². The SMILES string of the molecule is CC(CO)CCCN1CC2(CC2)C1. The van der Waals surface area contributed by atoms with Gasteiger partial charge in [0.25, 0.3) is 0 Å². The zero-order valence-electron chi connectivity index (χ0n) is 8.63. The zero-order valence-corrected chi connectivity index (χ0v) is 8.63. The maximum Gasteiger partial charge on any atom is 0.0456 e. The van der Waals surface area contributed by atoms with Crippen LogP contribution in [0.4, 0.5) is 0 Å². The van der Waals surface area contributed by atoms with Gasteiger partial charge in [-0.2, -0.15) is 0 Å². The highest BCUT2D eigenvalue weighted by Crippen LogP contribution is 2.52. The molecule has 2 fully saturated rings. The van der Waals surface area contributed by atoms with Crippen LogP contribution in [-0.2, 0) is 0 Å². The van der Waals surface area contributed by atoms with Crippen molar-refractivity contribution in [3.05, 3.63) is 0 Å². The van der Waals surface area contributed by atoms with E-state index in [0.717, 1.165) is 5.41 Å². The van der Waals surface area contributed by atoms with Crippen molar-refractivity contribution in [2.45, 2.75) is 32.6 Å². The van der Waals surface area contributed by atoms with Crippen molar-refractivity contribution >= 4 is 0 Å². The minimum atomic E-state index is 0.351. The van der Waals surface area contributed by atoms with Crippen LogP contribution in [-0.4, -0.2) is 36.2 Å². The highest BCUT2D eigenvalue weighted by Gasteiger charge is 2.51. The Morgan fingerprint density at radius 3 is 2.62 bits per heavy atom. The van der Waals surface area contributed by atoms with Gasteiger partial charge in [-0.05, 0) is 43.6 Å². The summed E-state index contributed by atoms with van der Waals surface area (Å²) in [5, 5.41) is 8.85. The lowest BCUT2D eigenvalue weighted by Gasteiger charge is -2.40. The van der Waals surface area contributed by atoms with Gasteiger partial charge in [-0.15, -0.1) is 0 Å². The van der Waals surface area contributed by atoms with Crippen LogP contribution in [0.3, 0.4) is 0 Å². The third-order valence-corrected chi connectivity index (χ3v) is 3.56. The largest absolute Gasteiger partial charge is 0.396 e. The zero-order chi connectivity index (χ0) is 9.31. The Morgan fingerprint density at radius 1 is 1.38 bits per heavy atom. The van der Waals surface area contributed by atoms with Gasteiger partial charge in [0.15, 0.2) is 0 Å². The fourth-order valence-electron chi connectivity index (χ4n) is 2.31. The summed E-state index contributed by atoms with van der Waals surface area (Å²) in [6.45, 7) is 6.45. The second-order valence-corrected chi connectivity index (χ2v) is 5.14. The maximum atomic E-state index is 8.85. The molecular formula is C11H21NO. The standard InChI is InChI=1S/C11H21NO/c1-10(7-13)3-2-6-12-8-11(9-12)4-5-11/h10,13H,2-9H2,1H3. The summed E-state index contributed by atoms with van der Waals surface area (Å²) in [6, 6.07) is 0. The predicted molar refractivity (Wildman–Crippen MR) is 53.6 cm³/mol. The monoisotopic (exact) mass is 183 g/mol. The van der Waals surface area contributed by atoms with E-state index in [0.29, 0.717) is 12.5 Å². The quantitative estimate of drug-likeness (QED) is 0.698. The fraction of sp³-hybridized carbons (Fsp3) is 1.00. The molecular weight excluding hydrogens is 162 g/mol. The number of hydrogen-bond donors (Lipinski definition) is 1. The first kappa shape index (κ1) is 9.47. The lowest BCUT2D eigenvalue weighted by atomic mass is 9.96. The Bertz CT molecular complexity index is 169. The van der Waals surface area contributed by atoms with Crippen molar-refractivity contribution in [1.29, 1.82) is 0 Å². The van der Waals surface area contributed by atoms with E-state index in [-0.39, 0.29) is 0 Å². The van der Waals surface area contributed by atoms with Crippen LogP contribution < -0.4 is 0 Å². The third-order valence-electron chi connectivity index (χ3n) is 3.56. The Morgan fingerprint density at radius 2 is 2.08 bits per heavy atom. The Labute approximate surface area is 80.9 Å². The first-order valence-electron chi connectivity index (χ1n) is 5.57. The van der Waals surface area contributed by atoms with E-state index in [9.17, 15) is 0 Å². The normalized spacial score (nSPS) is 27.2. The molecule has 76 valence electrons. The smallest absolute Gasteiger partial charge is 0.0456 e. The molecule has 0 aromatic heterocycles. The molecule has 1 N–H and O–H groups in total. The second-order valence-electron chi connectivity index (χ2n) is 5.14. The van der Waals surface area contributed by atoms with Crippen LogP contribution in [0.2, 0.25) is 0 Å². The lowest BCUT2D eigenvalue weighted by Crippen LogP contribution is -2.48. The molecule has 1 aliphatic heterocycles. The van der Waals surface area contributed by atoms with Gasteiger partial charge in [-0.25, -0.2) is 0 Å². The van der Waals surface area contributed by atoms with E-state index in [1.807, 2.05) is 0 Å². The molecule has 1 saturated heterocycles. The molecule has 0 aromatic carbocycles. The summed E-state index contributed by atoms with van der Waals surface area (Å²) in [4.78, 5) is 2.57. The number of hydrogen-bond acceptors (Lipinski definition) is 2. The fourth-order valence-corrected chi connectivity index (χ4v) is 2.31. The van der Waals surface area contributed by atoms with E-state index < -0.39 is 0 Å². The van der Waals surface area contributed by atoms with Crippen molar-refractivity contribution in [2.75, 3.05) is 26.2 Å². The highest BCUT2D eigenvalue weighted by molar-refractivity contribution is 5.04. The van der Waals surface area contributed by atoms with Gasteiger partial charge in [0.2, 0.25) is 0 Å². The number of nitrogens with zero attached hydrogens (tertiary/aromatic N) is 1. The molecule has 2 heteroatoms. The van der Waals surface area contributed by atoms with Gasteiger partial charge >= 0.3 is 0 Å². The number of aliphatic hydroxyl groups is 1. The van der Waals surface area contributed by atoms with E-state index in [1.54, 1.807) is 0 Å². The average molecular weight is 183 g/mol. The summed E-state index contributed by atoms with van der Waals surface area (Å²) in [5.74, 6) is 0.496. The van der Waals surface area contributed by atoms with Crippen LogP contribution in [0.5, 0.6) is 0 Å². The van der Waals surface area contributed by atoms with Gasteiger partial charge in [0.05, 0.1) is 0 Å². The molecule has 1 aliphatic carbocycles. The first-order chi connectivity index (χ1) is 6.24. The number of rotatable bonds is 5. The van der Waals surface area contributed by atoms with Gasteiger partial charge < -0.3 is 10.0 Å². The van der Waals surface area contributed by atoms with Crippen LogP contribution in [0.1, 0.15) is 32.6 Å². The Kier molecular flexibility index (Phi) is 2.61. The molecule has 0 amide bonds. The van der Waals surface area contributed by atoms with Crippen molar-refractivity contribution < 1.29 is 5.11 Å². The van der Waals surface area contributed by atoms with Crippen molar-refractivity contribution in [3.63, 3.8) is 0 Å². The summed E-state index contributed by atoms with van der Waals surface area (Å²) in [5.41, 5.74) is 0.808. The molecule has 0 aromatic rings. The summed E-state index contributed by atoms with van der Waals surface area (Å²) in [6.07, 6.45) is 5.41. The molecule has 0 radical (unpaired) electrons. The Balaban J connectivity index is 1.50. The van der Waals surface area contributed by atoms with Crippen molar-refractivity contribution in [1.82, 2.24) is 4.90 Å². The molecule has 1 heterocycles. The molecule has 1 unspecified atom stereocenters. The summed E-state index contributed by atoms with van der Waals surface area (Å²) < 4.78 is 0. The van der Waals surface area contributed by atoms with E-state index in [1.165, 1.54) is 45.3 Å². The summed E-state index contributed by atoms with van der Waals surface area (Å²) >= 11 is 0. The first-order valence-corrected chi connectivity index (χ1v) is 5.57. The molecule has 1 atom stereocenters. The maximum absolute atomic E-state index is 8.85. The lowest BCUT2D eigenvalue weighted by molar-refractivity contribution is 0.0775. The van der Waals surface area contributed by atoms with Gasteiger partial charge in [-0.1, -0.05) is 6.92 Å². The second kappa shape index (κ2) is 3.58. The van der Waals surface area contributed by atoms with E-state index in [4.69, 9.17) is 5.11 Å². The van der Waals surface area contributed by atoms with Crippen molar-refractivity contribution in [2.24, 2.45) is 11.3 Å². The average Bonchev–Trinajstić information content (AvgIpc) is 2.83. The molecule has 0 bridgehead atoms. The highest BCUT2D eigenvalue weighted by atomic mass is 16.3. The van der Waals surface area contributed by atoms with E-state index in [2.05, 4.69) is 11.8 Å². The van der Waals surface area contributed by atoms with Gasteiger partial charge in [0.1, 0.15) is 0 Å². The van der Waals surface area contributed by atoms with Crippen LogP contribution in [0, 0.1) is 11.3 Å². The van der Waals surface area contributed by atoms with Crippen LogP contribution >= 0.6 is 0 Å².